The van der Waals surface area contributed by atoms with Crippen molar-refractivity contribution in [1.82, 2.24) is 20.1 Å². The molecule has 2 heterocycles. The molecule has 7 nitrogen and oxygen atoms in total. The number of likely N-dealkylation sites (N-methyl/N-ethyl adjacent to an activating group) is 1. The molecular weight excluding hydrogens is 411 g/mol. The Morgan fingerprint density at radius 3 is 2.69 bits per heavy atom. The Bertz CT molecular complexity index is 861. The average molecular weight is 445 g/mol. The topological polar surface area (TPSA) is 77.9 Å². The fourth-order valence-corrected chi connectivity index (χ4v) is 3.70. The monoisotopic (exact) mass is 444 g/mol. The van der Waals surface area contributed by atoms with E-state index < -0.39 is 11.9 Å². The number of nitrogens with zero attached hydrogens (tertiary/aromatic N) is 3. The van der Waals surface area contributed by atoms with Crippen LogP contribution in [-0.4, -0.2) is 64.8 Å². The minimum absolute atomic E-state index is 0.194. The van der Waals surface area contributed by atoms with Crippen LogP contribution < -0.4 is 10.1 Å². The molecule has 2 atom stereocenters. The van der Waals surface area contributed by atoms with Gasteiger partial charge in [0.2, 0.25) is 0 Å². The van der Waals surface area contributed by atoms with Crippen LogP contribution in [0.4, 0.5) is 9.18 Å². The van der Waals surface area contributed by atoms with Crippen molar-refractivity contribution >= 4 is 6.03 Å². The predicted octanol–water partition coefficient (Wildman–Crippen LogP) is 3.03. The number of amides is 2. The minimum Gasteiger partial charge on any atom is -0.493 e. The van der Waals surface area contributed by atoms with Crippen LogP contribution in [-0.2, 0) is 13.1 Å². The maximum absolute atomic E-state index is 13.3. The van der Waals surface area contributed by atoms with Crippen LogP contribution in [0.1, 0.15) is 31.5 Å². The smallest absolute Gasteiger partial charge is 0.318 e. The van der Waals surface area contributed by atoms with Crippen molar-refractivity contribution in [2.75, 3.05) is 26.7 Å². The van der Waals surface area contributed by atoms with Gasteiger partial charge < -0.3 is 25.0 Å². The Labute approximate surface area is 189 Å². The number of carbonyl (C=O) groups is 1. The first kappa shape index (κ1) is 23.9. The van der Waals surface area contributed by atoms with Gasteiger partial charge in [-0.1, -0.05) is 26.0 Å². The van der Waals surface area contributed by atoms with Crippen molar-refractivity contribution in [3.05, 3.63) is 59.7 Å². The number of hydrogen-bond donors (Lipinski definition) is 2. The van der Waals surface area contributed by atoms with Gasteiger partial charge in [0.15, 0.2) is 0 Å². The molecular formula is C24H33FN4O3. The number of hydrogen-bond acceptors (Lipinski definition) is 5. The zero-order valence-corrected chi connectivity index (χ0v) is 19.0. The number of aliphatic hydroxyl groups excluding tert-OH is 1. The van der Waals surface area contributed by atoms with Gasteiger partial charge in [0.05, 0.1) is 37.2 Å². The molecule has 2 aromatic rings. The molecule has 2 N–H and O–H groups in total. The number of benzene rings is 1. The predicted molar refractivity (Wildman–Crippen MR) is 121 cm³/mol. The number of ether oxygens (including phenoxy) is 1. The number of nitrogens with one attached hydrogen (secondary N) is 1. The highest BCUT2D eigenvalue weighted by Gasteiger charge is 2.33. The first-order valence-corrected chi connectivity index (χ1v) is 11.0. The second-order valence-corrected chi connectivity index (χ2v) is 8.79. The molecule has 1 aromatic carbocycles. The van der Waals surface area contributed by atoms with Gasteiger partial charge in [-0.05, 0) is 55.8 Å². The molecule has 0 bridgehead atoms. The average Bonchev–Trinajstić information content (AvgIpc) is 2.77. The first-order chi connectivity index (χ1) is 15.3. The second-order valence-electron chi connectivity index (χ2n) is 8.79. The fraction of sp³-hybridized carbons (Fsp3) is 0.500. The van der Waals surface area contributed by atoms with Gasteiger partial charge in [0.1, 0.15) is 11.6 Å². The standard InChI is InChI=1S/C24H33FN4O3/c1-17(2)16-32-21-8-4-18(5-9-21)12-27-24(31)29(14-20-7-6-19(25)13-26-20)22-10-11-28(3)15-23(22)30/h4-9,13,17,22-23,30H,10-12,14-16H2,1-3H3,(H,27,31)/t22-,23-/m0/s1. The second kappa shape index (κ2) is 11.2. The van der Waals surface area contributed by atoms with Crippen LogP contribution in [0.15, 0.2) is 42.6 Å². The molecule has 1 fully saturated rings. The molecule has 3 rings (SSSR count). The highest BCUT2D eigenvalue weighted by Crippen LogP contribution is 2.19. The summed E-state index contributed by atoms with van der Waals surface area (Å²) in [5, 5.41) is 13.6. The molecule has 1 saturated heterocycles. The Morgan fingerprint density at radius 1 is 1.31 bits per heavy atom. The molecule has 8 heteroatoms. The van der Waals surface area contributed by atoms with Crippen LogP contribution in [0.25, 0.3) is 0 Å². The Hall–Kier alpha value is -2.71. The normalized spacial score (nSPS) is 19.1. The number of urea groups is 1. The largest absolute Gasteiger partial charge is 0.493 e. The third kappa shape index (κ3) is 6.90. The summed E-state index contributed by atoms with van der Waals surface area (Å²) in [5.41, 5.74) is 1.51. The van der Waals surface area contributed by atoms with Crippen LogP contribution in [0.2, 0.25) is 0 Å². The van der Waals surface area contributed by atoms with Gasteiger partial charge >= 0.3 is 6.03 Å². The number of halogens is 1. The SMILES string of the molecule is CC(C)COc1ccc(CNC(=O)N(Cc2ccc(F)cn2)[C@H]2CCN(C)C[C@@H]2O)cc1. The van der Waals surface area contributed by atoms with Crippen molar-refractivity contribution in [1.29, 1.82) is 0 Å². The van der Waals surface area contributed by atoms with Crippen molar-refractivity contribution in [3.63, 3.8) is 0 Å². The van der Waals surface area contributed by atoms with E-state index in [1.165, 1.54) is 6.07 Å². The maximum Gasteiger partial charge on any atom is 0.318 e. The highest BCUT2D eigenvalue weighted by atomic mass is 19.1. The lowest BCUT2D eigenvalue weighted by molar-refractivity contribution is 0.00607. The van der Waals surface area contributed by atoms with Crippen LogP contribution in [0.3, 0.4) is 0 Å². The zero-order chi connectivity index (χ0) is 23.1. The summed E-state index contributed by atoms with van der Waals surface area (Å²) in [6.07, 6.45) is 1.12. The van der Waals surface area contributed by atoms with E-state index in [1.54, 1.807) is 11.0 Å². The number of carbonyl (C=O) groups excluding carboxylic acids is 1. The number of likely N-dealkylation sites (tertiary alicyclic amines) is 1. The first-order valence-electron chi connectivity index (χ1n) is 11.0. The number of pyridine rings is 1. The lowest BCUT2D eigenvalue weighted by Crippen LogP contribution is -2.56. The van der Waals surface area contributed by atoms with Gasteiger partial charge in [0, 0.05) is 13.1 Å². The highest BCUT2D eigenvalue weighted by molar-refractivity contribution is 5.74. The summed E-state index contributed by atoms with van der Waals surface area (Å²) < 4.78 is 19.0. The van der Waals surface area contributed by atoms with Gasteiger partial charge in [-0.25, -0.2) is 9.18 Å². The van der Waals surface area contributed by atoms with Crippen LogP contribution >= 0.6 is 0 Å². The molecule has 174 valence electrons. The van der Waals surface area contributed by atoms with Crippen LogP contribution in [0.5, 0.6) is 5.75 Å². The fourth-order valence-electron chi connectivity index (χ4n) is 3.70. The van der Waals surface area contributed by atoms with Crippen molar-refractivity contribution < 1.29 is 19.0 Å². The number of β-amino-alcohol motifs (C(OH)–C–C–N with tert-alkyl or cyclic N) is 1. The van der Waals surface area contributed by atoms with Crippen molar-refractivity contribution in [3.8, 4) is 5.75 Å². The van der Waals surface area contributed by atoms with E-state index in [0.29, 0.717) is 37.7 Å². The molecule has 1 aliphatic heterocycles. The Morgan fingerprint density at radius 2 is 2.06 bits per heavy atom. The third-order valence-electron chi connectivity index (χ3n) is 5.48. The summed E-state index contributed by atoms with van der Waals surface area (Å²) >= 11 is 0. The lowest BCUT2D eigenvalue weighted by atomic mass is 10.0. The Kier molecular flexibility index (Phi) is 8.41. The van der Waals surface area contributed by atoms with Crippen molar-refractivity contribution in [2.24, 2.45) is 5.92 Å². The summed E-state index contributed by atoms with van der Waals surface area (Å²) in [4.78, 5) is 20.9. The summed E-state index contributed by atoms with van der Waals surface area (Å²) in [5.74, 6) is 0.822. The maximum atomic E-state index is 13.3. The molecule has 0 saturated carbocycles. The van der Waals surface area contributed by atoms with E-state index in [1.807, 2.05) is 36.2 Å². The molecule has 0 aliphatic carbocycles. The number of piperidine rings is 1. The molecule has 0 radical (unpaired) electrons. The zero-order valence-electron chi connectivity index (χ0n) is 19.0. The molecule has 1 aromatic heterocycles. The van der Waals surface area contributed by atoms with Gasteiger partial charge in [0.25, 0.3) is 0 Å². The third-order valence-corrected chi connectivity index (χ3v) is 5.48. The van der Waals surface area contributed by atoms with Gasteiger partial charge in [-0.2, -0.15) is 0 Å². The molecule has 32 heavy (non-hydrogen) atoms. The quantitative estimate of drug-likeness (QED) is 0.655. The molecule has 1 aliphatic rings. The van der Waals surface area contributed by atoms with E-state index >= 15 is 0 Å². The van der Waals surface area contributed by atoms with Crippen LogP contribution in [0, 0.1) is 11.7 Å². The number of aromatic nitrogens is 1. The molecule has 0 spiro atoms. The van der Waals surface area contributed by atoms with Gasteiger partial charge in [-0.15, -0.1) is 0 Å². The number of aliphatic hydroxyl groups is 1. The molecule has 2 amide bonds. The van der Waals surface area contributed by atoms with E-state index in [-0.39, 0.29) is 18.6 Å². The van der Waals surface area contributed by atoms with Gasteiger partial charge in [-0.3, -0.25) is 4.98 Å². The molecule has 0 unspecified atom stereocenters. The summed E-state index contributed by atoms with van der Waals surface area (Å²) in [6, 6.07) is 9.89. The minimum atomic E-state index is -0.669. The van der Waals surface area contributed by atoms with E-state index in [2.05, 4.69) is 24.1 Å². The van der Waals surface area contributed by atoms with E-state index in [0.717, 1.165) is 24.1 Å². The Balaban J connectivity index is 1.65. The van der Waals surface area contributed by atoms with E-state index in [9.17, 15) is 14.3 Å². The summed E-state index contributed by atoms with van der Waals surface area (Å²) in [6.45, 7) is 6.65. The van der Waals surface area contributed by atoms with Crippen molar-refractivity contribution in [2.45, 2.75) is 45.5 Å². The lowest BCUT2D eigenvalue weighted by Gasteiger charge is -2.40. The summed E-state index contributed by atoms with van der Waals surface area (Å²) in [7, 11) is 1.94. The number of rotatable bonds is 8. The van der Waals surface area contributed by atoms with E-state index in [4.69, 9.17) is 4.74 Å².